The molecule has 1 aliphatic rings. The van der Waals surface area contributed by atoms with Crippen LogP contribution in [0.5, 0.6) is 0 Å². The highest BCUT2D eigenvalue weighted by molar-refractivity contribution is 5.12. The third-order valence-electron chi connectivity index (χ3n) is 2.89. The number of rotatable bonds is 3. The van der Waals surface area contributed by atoms with Crippen molar-refractivity contribution in [3.63, 3.8) is 0 Å². The van der Waals surface area contributed by atoms with E-state index >= 15 is 0 Å². The number of hydrogen-bond acceptors (Lipinski definition) is 0. The lowest BCUT2D eigenvalue weighted by molar-refractivity contribution is 0.482. The molecule has 1 fully saturated rings. The molecule has 0 heterocycles. The van der Waals surface area contributed by atoms with E-state index in [4.69, 9.17) is 0 Å². The lowest BCUT2D eigenvalue weighted by Crippen LogP contribution is -1.99. The van der Waals surface area contributed by atoms with Gasteiger partial charge in [0.25, 0.3) is 0 Å². The SMILES string of the molecule is CCC=CC1(C)CC1C(C)C. The van der Waals surface area contributed by atoms with Crippen LogP contribution in [0.25, 0.3) is 0 Å². The van der Waals surface area contributed by atoms with Gasteiger partial charge in [-0.25, -0.2) is 0 Å². The summed E-state index contributed by atoms with van der Waals surface area (Å²) in [5.74, 6) is 1.81. The van der Waals surface area contributed by atoms with E-state index in [1.807, 2.05) is 0 Å². The zero-order valence-corrected chi connectivity index (χ0v) is 8.22. The van der Waals surface area contributed by atoms with Gasteiger partial charge < -0.3 is 0 Å². The highest BCUT2D eigenvalue weighted by atomic mass is 14.5. The van der Waals surface area contributed by atoms with E-state index in [1.54, 1.807) is 0 Å². The minimum atomic E-state index is 0.560. The second kappa shape index (κ2) is 3.00. The third-order valence-corrected chi connectivity index (χ3v) is 2.89. The molecular weight excluding hydrogens is 132 g/mol. The Hall–Kier alpha value is -0.260. The summed E-state index contributed by atoms with van der Waals surface area (Å²) in [5, 5.41) is 0. The van der Waals surface area contributed by atoms with E-state index in [0.29, 0.717) is 5.41 Å². The van der Waals surface area contributed by atoms with Crippen molar-refractivity contribution in [2.24, 2.45) is 17.3 Å². The molecule has 1 rings (SSSR count). The summed E-state index contributed by atoms with van der Waals surface area (Å²) >= 11 is 0. The van der Waals surface area contributed by atoms with Gasteiger partial charge in [0.05, 0.1) is 0 Å². The standard InChI is InChI=1S/C11H20/c1-5-6-7-11(4)8-10(11)9(2)3/h6-7,9-10H,5,8H2,1-4H3. The van der Waals surface area contributed by atoms with Crippen LogP contribution in [0.3, 0.4) is 0 Å². The largest absolute Gasteiger partial charge is 0.0883 e. The van der Waals surface area contributed by atoms with Crippen molar-refractivity contribution in [3.05, 3.63) is 12.2 Å². The molecule has 0 saturated heterocycles. The van der Waals surface area contributed by atoms with Crippen molar-refractivity contribution < 1.29 is 0 Å². The first-order valence-electron chi connectivity index (χ1n) is 4.78. The van der Waals surface area contributed by atoms with Crippen LogP contribution in [-0.2, 0) is 0 Å². The highest BCUT2D eigenvalue weighted by Gasteiger charge is 2.48. The van der Waals surface area contributed by atoms with Crippen LogP contribution in [-0.4, -0.2) is 0 Å². The Bertz CT molecular complexity index is 155. The fourth-order valence-electron chi connectivity index (χ4n) is 1.99. The second-order valence-electron chi connectivity index (χ2n) is 4.37. The van der Waals surface area contributed by atoms with Gasteiger partial charge >= 0.3 is 0 Å². The van der Waals surface area contributed by atoms with Crippen molar-refractivity contribution >= 4 is 0 Å². The molecule has 0 aromatic heterocycles. The van der Waals surface area contributed by atoms with Gasteiger partial charge in [-0.2, -0.15) is 0 Å². The van der Waals surface area contributed by atoms with Gasteiger partial charge in [0.1, 0.15) is 0 Å². The van der Waals surface area contributed by atoms with Crippen LogP contribution in [0, 0.1) is 17.3 Å². The Morgan fingerprint density at radius 1 is 1.55 bits per heavy atom. The number of hydrogen-bond donors (Lipinski definition) is 0. The molecule has 0 spiro atoms. The molecule has 0 aliphatic heterocycles. The minimum Gasteiger partial charge on any atom is -0.0883 e. The lowest BCUT2D eigenvalue weighted by atomic mass is 9.98. The summed E-state index contributed by atoms with van der Waals surface area (Å²) in [6.45, 7) is 9.24. The van der Waals surface area contributed by atoms with Crippen molar-refractivity contribution in [3.8, 4) is 0 Å². The van der Waals surface area contributed by atoms with Gasteiger partial charge in [0.15, 0.2) is 0 Å². The van der Waals surface area contributed by atoms with Crippen LogP contribution in [0.15, 0.2) is 12.2 Å². The van der Waals surface area contributed by atoms with Crippen molar-refractivity contribution in [2.45, 2.75) is 40.5 Å². The summed E-state index contributed by atoms with van der Waals surface area (Å²) in [5.41, 5.74) is 0.560. The van der Waals surface area contributed by atoms with Gasteiger partial charge in [-0.15, -0.1) is 0 Å². The maximum absolute atomic E-state index is 2.41. The van der Waals surface area contributed by atoms with Gasteiger partial charge in [0.2, 0.25) is 0 Å². The molecule has 0 heteroatoms. The maximum Gasteiger partial charge on any atom is -0.0112 e. The van der Waals surface area contributed by atoms with E-state index in [2.05, 4.69) is 39.8 Å². The topological polar surface area (TPSA) is 0 Å². The van der Waals surface area contributed by atoms with Crippen LogP contribution < -0.4 is 0 Å². The summed E-state index contributed by atoms with van der Waals surface area (Å²) in [6, 6.07) is 0. The summed E-state index contributed by atoms with van der Waals surface area (Å²) < 4.78 is 0. The molecular formula is C11H20. The average Bonchev–Trinajstić information content (AvgIpc) is 2.60. The molecule has 1 aliphatic carbocycles. The molecule has 0 aromatic carbocycles. The van der Waals surface area contributed by atoms with E-state index < -0.39 is 0 Å². The molecule has 0 N–H and O–H groups in total. The fraction of sp³-hybridized carbons (Fsp3) is 0.818. The van der Waals surface area contributed by atoms with Crippen LogP contribution in [0.4, 0.5) is 0 Å². The first-order valence-corrected chi connectivity index (χ1v) is 4.78. The zero-order chi connectivity index (χ0) is 8.48. The number of allylic oxidation sites excluding steroid dienone is 2. The lowest BCUT2D eigenvalue weighted by Gasteiger charge is -2.07. The van der Waals surface area contributed by atoms with E-state index in [9.17, 15) is 0 Å². The zero-order valence-electron chi connectivity index (χ0n) is 8.22. The monoisotopic (exact) mass is 152 g/mol. The predicted octanol–water partition coefficient (Wildman–Crippen LogP) is 3.63. The first-order chi connectivity index (χ1) is 5.10. The molecule has 0 amide bonds. The summed E-state index contributed by atoms with van der Waals surface area (Å²) in [7, 11) is 0. The molecule has 0 aromatic rings. The molecule has 2 atom stereocenters. The Labute approximate surface area is 70.7 Å². The van der Waals surface area contributed by atoms with Gasteiger partial charge in [0, 0.05) is 0 Å². The first kappa shape index (κ1) is 8.83. The van der Waals surface area contributed by atoms with Crippen molar-refractivity contribution in [1.82, 2.24) is 0 Å². The molecule has 0 radical (unpaired) electrons. The van der Waals surface area contributed by atoms with Crippen molar-refractivity contribution in [1.29, 1.82) is 0 Å². The van der Waals surface area contributed by atoms with Gasteiger partial charge in [-0.05, 0) is 30.1 Å². The van der Waals surface area contributed by atoms with E-state index in [-0.39, 0.29) is 0 Å². The van der Waals surface area contributed by atoms with Gasteiger partial charge in [-0.1, -0.05) is 39.8 Å². The maximum atomic E-state index is 2.41. The highest BCUT2D eigenvalue weighted by Crippen LogP contribution is 2.57. The molecule has 11 heavy (non-hydrogen) atoms. The van der Waals surface area contributed by atoms with E-state index in [1.165, 1.54) is 12.8 Å². The van der Waals surface area contributed by atoms with E-state index in [0.717, 1.165) is 11.8 Å². The normalized spacial score (nSPS) is 37.0. The average molecular weight is 152 g/mol. The fourth-order valence-corrected chi connectivity index (χ4v) is 1.99. The molecule has 0 nitrogen and oxygen atoms in total. The molecule has 1 saturated carbocycles. The quantitative estimate of drug-likeness (QED) is 0.542. The second-order valence-corrected chi connectivity index (χ2v) is 4.37. The predicted molar refractivity (Wildman–Crippen MR) is 50.5 cm³/mol. The third kappa shape index (κ3) is 1.85. The molecule has 2 unspecified atom stereocenters. The van der Waals surface area contributed by atoms with Gasteiger partial charge in [-0.3, -0.25) is 0 Å². The minimum absolute atomic E-state index is 0.560. The Balaban J connectivity index is 2.42. The smallest absolute Gasteiger partial charge is 0.0112 e. The summed E-state index contributed by atoms with van der Waals surface area (Å²) in [4.78, 5) is 0. The molecule has 64 valence electrons. The Morgan fingerprint density at radius 2 is 2.18 bits per heavy atom. The van der Waals surface area contributed by atoms with Crippen LogP contribution >= 0.6 is 0 Å². The Morgan fingerprint density at radius 3 is 2.55 bits per heavy atom. The summed E-state index contributed by atoms with van der Waals surface area (Å²) in [6.07, 6.45) is 7.31. The Kier molecular flexibility index (Phi) is 2.41. The van der Waals surface area contributed by atoms with Crippen molar-refractivity contribution in [2.75, 3.05) is 0 Å². The van der Waals surface area contributed by atoms with Crippen LogP contribution in [0.2, 0.25) is 0 Å². The molecule has 0 bridgehead atoms. The van der Waals surface area contributed by atoms with Crippen LogP contribution in [0.1, 0.15) is 40.5 Å².